The molecule has 0 aliphatic carbocycles. The van der Waals surface area contributed by atoms with E-state index in [1.165, 1.54) is 6.20 Å². The van der Waals surface area contributed by atoms with Gasteiger partial charge in [-0.2, -0.15) is 5.10 Å². The molecule has 0 saturated heterocycles. The summed E-state index contributed by atoms with van der Waals surface area (Å²) in [6, 6.07) is 14.2. The molecule has 11 heteroatoms. The number of nitrogens with one attached hydrogen (secondary N) is 3. The van der Waals surface area contributed by atoms with Crippen LogP contribution in [-0.2, 0) is 6.42 Å². The molecule has 0 aliphatic rings. The van der Waals surface area contributed by atoms with Crippen molar-refractivity contribution in [3.05, 3.63) is 88.1 Å². The number of benzene rings is 2. The molecule has 3 heterocycles. The van der Waals surface area contributed by atoms with Gasteiger partial charge in [0.2, 0.25) is 0 Å². The van der Waals surface area contributed by atoms with E-state index in [0.717, 1.165) is 47.5 Å². The van der Waals surface area contributed by atoms with Gasteiger partial charge in [0.05, 0.1) is 24.7 Å². The van der Waals surface area contributed by atoms with Crippen LogP contribution in [0, 0.1) is 13.8 Å². The number of nitrogens with zero attached hydrogens (tertiary/aromatic N) is 4. The first-order chi connectivity index (χ1) is 19.9. The Bertz CT molecular complexity index is 1760. The molecule has 0 saturated carbocycles. The Hall–Kier alpha value is -5.19. The third-order valence-corrected chi connectivity index (χ3v) is 6.75. The second-order valence-corrected chi connectivity index (χ2v) is 9.53. The Balaban J connectivity index is 1.35. The third kappa shape index (κ3) is 6.03. The van der Waals surface area contributed by atoms with E-state index in [1.54, 1.807) is 36.2 Å². The van der Waals surface area contributed by atoms with E-state index in [1.807, 2.05) is 44.2 Å². The number of amides is 2. The predicted octanol–water partition coefficient (Wildman–Crippen LogP) is 5.91. The highest BCUT2D eigenvalue weighted by Gasteiger charge is 2.16. The van der Waals surface area contributed by atoms with E-state index in [9.17, 15) is 9.59 Å². The lowest BCUT2D eigenvalue weighted by molar-refractivity contribution is 0.262. The lowest BCUT2D eigenvalue weighted by Gasteiger charge is -2.16. The van der Waals surface area contributed by atoms with E-state index < -0.39 is 6.03 Å². The van der Waals surface area contributed by atoms with Crippen LogP contribution in [0.4, 0.5) is 16.3 Å². The van der Waals surface area contributed by atoms with Crippen LogP contribution in [0.2, 0.25) is 0 Å². The minimum atomic E-state index is -0.397. The second kappa shape index (κ2) is 11.9. The standard InChI is InChI=1S/C30H31N7O4/c1-5-6-7-20-16-26(37(36-20)21-8-10-22(40-4)11-9-21)34-30(39)33-23-12-13-24(19(3)18(23)2)41-25-14-15-31-29-28(25)32-17-27(38)35-29/h8-17H,5-7H2,1-4H3,(H,31,35,38)(H2,33,34,39). The molecule has 11 nitrogen and oxygen atoms in total. The second-order valence-electron chi connectivity index (χ2n) is 9.53. The lowest BCUT2D eigenvalue weighted by Crippen LogP contribution is -2.22. The van der Waals surface area contributed by atoms with Crippen molar-refractivity contribution in [2.24, 2.45) is 0 Å². The summed E-state index contributed by atoms with van der Waals surface area (Å²) in [7, 11) is 1.62. The number of ether oxygens (including phenoxy) is 2. The summed E-state index contributed by atoms with van der Waals surface area (Å²) in [4.78, 5) is 35.7. The zero-order valence-electron chi connectivity index (χ0n) is 23.3. The van der Waals surface area contributed by atoms with E-state index in [2.05, 4.69) is 32.5 Å². The fourth-order valence-corrected chi connectivity index (χ4v) is 4.36. The summed E-state index contributed by atoms with van der Waals surface area (Å²) in [5.41, 5.74) is 4.45. The first kappa shape index (κ1) is 27.4. The first-order valence-electron chi connectivity index (χ1n) is 13.3. The van der Waals surface area contributed by atoms with Crippen LogP contribution in [0.5, 0.6) is 17.2 Å². The predicted molar refractivity (Wildman–Crippen MR) is 158 cm³/mol. The topological polar surface area (TPSA) is 136 Å². The number of aryl methyl sites for hydroxylation is 1. The zero-order chi connectivity index (χ0) is 28.9. The van der Waals surface area contributed by atoms with Crippen LogP contribution in [0.15, 0.2) is 65.7 Å². The molecule has 41 heavy (non-hydrogen) atoms. The number of hydrogen-bond acceptors (Lipinski definition) is 7. The highest BCUT2D eigenvalue weighted by Crippen LogP contribution is 2.33. The van der Waals surface area contributed by atoms with Crippen LogP contribution in [0.3, 0.4) is 0 Å². The molecule has 0 bridgehead atoms. The van der Waals surface area contributed by atoms with Gasteiger partial charge in [0.1, 0.15) is 22.8 Å². The van der Waals surface area contributed by atoms with Crippen molar-refractivity contribution in [1.82, 2.24) is 24.7 Å². The molecular formula is C30H31N7O4. The Kier molecular flexibility index (Phi) is 7.95. The van der Waals surface area contributed by atoms with Crippen molar-refractivity contribution in [3.63, 3.8) is 0 Å². The Morgan fingerprint density at radius 3 is 2.56 bits per heavy atom. The van der Waals surface area contributed by atoms with E-state index >= 15 is 0 Å². The van der Waals surface area contributed by atoms with Crippen LogP contribution in [-0.4, -0.2) is 37.9 Å². The molecule has 3 N–H and O–H groups in total. The van der Waals surface area contributed by atoms with Crippen molar-refractivity contribution < 1.29 is 14.3 Å². The Labute approximate surface area is 236 Å². The maximum atomic E-state index is 13.1. The van der Waals surface area contributed by atoms with Crippen LogP contribution in [0.25, 0.3) is 16.9 Å². The number of methoxy groups -OCH3 is 1. The van der Waals surface area contributed by atoms with Gasteiger partial charge < -0.3 is 19.8 Å². The number of fused-ring (bicyclic) bond motifs is 1. The van der Waals surface area contributed by atoms with Gasteiger partial charge in [0, 0.05) is 24.0 Å². The van der Waals surface area contributed by atoms with Crippen LogP contribution in [0.1, 0.15) is 36.6 Å². The molecule has 0 aliphatic heterocycles. The summed E-state index contributed by atoms with van der Waals surface area (Å²) in [6.45, 7) is 5.94. The number of aromatic nitrogens is 5. The molecule has 2 amide bonds. The molecule has 210 valence electrons. The SMILES string of the molecule is CCCCc1cc(NC(=O)Nc2ccc(Oc3ccnc4[nH]c(=O)cnc34)c(C)c2C)n(-c2ccc(OC)cc2)n1. The van der Waals surface area contributed by atoms with Crippen molar-refractivity contribution in [3.8, 4) is 22.9 Å². The fourth-order valence-electron chi connectivity index (χ4n) is 4.36. The maximum absolute atomic E-state index is 13.1. The molecule has 0 radical (unpaired) electrons. The number of urea groups is 1. The number of carbonyl (C=O) groups excluding carboxylic acids is 1. The highest BCUT2D eigenvalue weighted by atomic mass is 16.5. The largest absolute Gasteiger partial charge is 0.497 e. The minimum absolute atomic E-state index is 0.339. The highest BCUT2D eigenvalue weighted by molar-refractivity contribution is 6.00. The summed E-state index contributed by atoms with van der Waals surface area (Å²) < 4.78 is 13.1. The third-order valence-electron chi connectivity index (χ3n) is 6.75. The quantitative estimate of drug-likeness (QED) is 0.206. The van der Waals surface area contributed by atoms with E-state index in [4.69, 9.17) is 14.6 Å². The van der Waals surface area contributed by atoms with Gasteiger partial charge in [0.25, 0.3) is 5.56 Å². The number of rotatable bonds is 9. The average molecular weight is 554 g/mol. The number of H-pyrrole nitrogens is 1. The van der Waals surface area contributed by atoms with Crippen molar-refractivity contribution >= 4 is 28.7 Å². The van der Waals surface area contributed by atoms with Gasteiger partial charge in [-0.25, -0.2) is 19.4 Å². The normalized spacial score (nSPS) is 10.9. The van der Waals surface area contributed by atoms with Gasteiger partial charge in [-0.15, -0.1) is 0 Å². The number of carbonyl (C=O) groups is 1. The molecule has 0 atom stereocenters. The number of aromatic amines is 1. The van der Waals surface area contributed by atoms with Crippen LogP contribution >= 0.6 is 0 Å². The summed E-state index contributed by atoms with van der Waals surface area (Å²) >= 11 is 0. The Morgan fingerprint density at radius 2 is 1.80 bits per heavy atom. The Morgan fingerprint density at radius 1 is 1.00 bits per heavy atom. The molecule has 0 fully saturated rings. The summed E-state index contributed by atoms with van der Waals surface area (Å²) in [5.74, 6) is 2.34. The average Bonchev–Trinajstić information content (AvgIpc) is 3.37. The monoisotopic (exact) mass is 553 g/mol. The lowest BCUT2D eigenvalue weighted by atomic mass is 10.1. The first-order valence-corrected chi connectivity index (χ1v) is 13.3. The summed E-state index contributed by atoms with van der Waals surface area (Å²) in [5, 5.41) is 10.6. The van der Waals surface area contributed by atoms with Crippen molar-refractivity contribution in [2.45, 2.75) is 40.0 Å². The van der Waals surface area contributed by atoms with Gasteiger partial charge in [-0.05, 0) is 74.2 Å². The number of pyridine rings is 1. The molecule has 0 spiro atoms. The van der Waals surface area contributed by atoms with E-state index in [-0.39, 0.29) is 5.56 Å². The van der Waals surface area contributed by atoms with Gasteiger partial charge in [-0.3, -0.25) is 10.1 Å². The molecule has 0 unspecified atom stereocenters. The van der Waals surface area contributed by atoms with Gasteiger partial charge in [0.15, 0.2) is 11.4 Å². The number of unbranched alkanes of at least 4 members (excludes halogenated alkanes) is 1. The smallest absolute Gasteiger partial charge is 0.324 e. The molecule has 3 aromatic heterocycles. The minimum Gasteiger partial charge on any atom is -0.497 e. The van der Waals surface area contributed by atoms with Crippen LogP contribution < -0.4 is 25.7 Å². The van der Waals surface area contributed by atoms with Crippen molar-refractivity contribution in [2.75, 3.05) is 17.7 Å². The van der Waals surface area contributed by atoms with Crippen molar-refractivity contribution in [1.29, 1.82) is 0 Å². The summed E-state index contributed by atoms with van der Waals surface area (Å²) in [6.07, 6.45) is 5.59. The zero-order valence-corrected chi connectivity index (χ0v) is 23.3. The molecule has 5 aromatic rings. The van der Waals surface area contributed by atoms with Gasteiger partial charge >= 0.3 is 6.03 Å². The molecule has 2 aromatic carbocycles. The maximum Gasteiger partial charge on any atom is 0.324 e. The number of anilines is 2. The molecule has 5 rings (SSSR count). The fraction of sp³-hybridized carbons (Fsp3) is 0.233. The molecular weight excluding hydrogens is 522 g/mol. The van der Waals surface area contributed by atoms with E-state index in [0.29, 0.717) is 34.2 Å². The number of hydrogen-bond donors (Lipinski definition) is 3. The van der Waals surface area contributed by atoms with Gasteiger partial charge in [-0.1, -0.05) is 13.3 Å².